The van der Waals surface area contributed by atoms with Gasteiger partial charge < -0.3 is 19.2 Å². The van der Waals surface area contributed by atoms with Gasteiger partial charge in [-0.25, -0.2) is 14.8 Å². The van der Waals surface area contributed by atoms with Crippen molar-refractivity contribution >= 4 is 23.2 Å². The zero-order valence-electron chi connectivity index (χ0n) is 18.4. The van der Waals surface area contributed by atoms with E-state index in [1.165, 1.54) is 6.20 Å². The number of aryl methyl sites for hydroxylation is 1. The van der Waals surface area contributed by atoms with Gasteiger partial charge in [0.15, 0.2) is 5.82 Å². The molecule has 0 spiro atoms. The molecule has 33 heavy (non-hydrogen) atoms. The smallest absolute Gasteiger partial charge is 0.324 e. The van der Waals surface area contributed by atoms with Gasteiger partial charge >= 0.3 is 6.03 Å². The lowest BCUT2D eigenvalue weighted by molar-refractivity contribution is -0.120. The molecule has 1 aliphatic heterocycles. The Morgan fingerprint density at radius 3 is 2.85 bits per heavy atom. The van der Waals surface area contributed by atoms with E-state index in [0.29, 0.717) is 23.8 Å². The lowest BCUT2D eigenvalue weighted by atomic mass is 9.90. The van der Waals surface area contributed by atoms with Crippen LogP contribution in [0.25, 0.3) is 16.9 Å². The van der Waals surface area contributed by atoms with Gasteiger partial charge in [-0.2, -0.15) is 0 Å². The van der Waals surface area contributed by atoms with Crippen molar-refractivity contribution in [2.24, 2.45) is 5.41 Å². The van der Waals surface area contributed by atoms with Gasteiger partial charge in [-0.3, -0.25) is 10.3 Å². The minimum Gasteiger partial charge on any atom is -0.493 e. The molecule has 4 aromatic rings. The van der Waals surface area contributed by atoms with Crippen LogP contribution < -0.4 is 15.4 Å². The van der Waals surface area contributed by atoms with Crippen LogP contribution in [-0.4, -0.2) is 45.2 Å². The molecule has 0 saturated carbocycles. The summed E-state index contributed by atoms with van der Waals surface area (Å²) in [6, 6.07) is 9.05. The molecule has 1 saturated heterocycles. The number of nitrogens with zero attached hydrogens (tertiary/aromatic N) is 4. The van der Waals surface area contributed by atoms with E-state index in [0.717, 1.165) is 35.7 Å². The highest BCUT2D eigenvalue weighted by molar-refractivity contribution is 5.99. The highest BCUT2D eigenvalue weighted by atomic mass is 16.5. The number of fused-ring (bicyclic) bond motifs is 1. The van der Waals surface area contributed by atoms with Crippen molar-refractivity contribution in [2.75, 3.05) is 30.5 Å². The van der Waals surface area contributed by atoms with Crippen LogP contribution >= 0.6 is 0 Å². The van der Waals surface area contributed by atoms with Gasteiger partial charge in [0.1, 0.15) is 11.4 Å². The molecule has 1 fully saturated rings. The molecule has 2 N–H and O–H groups in total. The van der Waals surface area contributed by atoms with Crippen molar-refractivity contribution in [1.29, 1.82) is 0 Å². The third-order valence-corrected chi connectivity index (χ3v) is 5.48. The summed E-state index contributed by atoms with van der Waals surface area (Å²) in [4.78, 5) is 25.4. The van der Waals surface area contributed by atoms with Gasteiger partial charge in [0.25, 0.3) is 0 Å². The fourth-order valence-electron chi connectivity index (χ4n) is 3.59. The van der Waals surface area contributed by atoms with E-state index in [2.05, 4.69) is 32.5 Å². The van der Waals surface area contributed by atoms with E-state index in [1.807, 2.05) is 41.9 Å². The Kier molecular flexibility index (Phi) is 5.39. The van der Waals surface area contributed by atoms with Gasteiger partial charge in [-0.15, -0.1) is 0 Å². The third-order valence-electron chi connectivity index (χ3n) is 5.48. The number of aromatic nitrogens is 4. The number of urea groups is 1. The quantitative estimate of drug-likeness (QED) is 0.463. The Hall–Kier alpha value is -3.98. The topological polar surface area (TPSA) is 103 Å². The van der Waals surface area contributed by atoms with E-state index < -0.39 is 6.03 Å². The Bertz CT molecular complexity index is 1310. The molecule has 9 heteroatoms. The lowest BCUT2D eigenvalue weighted by Gasteiger charge is -2.37. The normalized spacial score (nSPS) is 14.5. The van der Waals surface area contributed by atoms with E-state index >= 15 is 0 Å². The first kappa shape index (κ1) is 20.9. The molecular formula is C24H24N6O3. The highest BCUT2D eigenvalue weighted by Crippen LogP contribution is 2.30. The Balaban J connectivity index is 1.25. The summed E-state index contributed by atoms with van der Waals surface area (Å²) in [5.41, 5.74) is 4.00. The molecule has 0 bridgehead atoms. The van der Waals surface area contributed by atoms with Crippen molar-refractivity contribution in [3.8, 4) is 17.0 Å². The number of carbonyl (C=O) groups is 1. The Labute approximate surface area is 190 Å². The largest absolute Gasteiger partial charge is 0.493 e. The van der Waals surface area contributed by atoms with Crippen LogP contribution in [0.4, 0.5) is 16.3 Å². The van der Waals surface area contributed by atoms with Gasteiger partial charge in [0.05, 0.1) is 37.9 Å². The maximum atomic E-state index is 12.4. The van der Waals surface area contributed by atoms with Crippen molar-refractivity contribution in [2.45, 2.75) is 13.8 Å². The number of imidazole rings is 1. The van der Waals surface area contributed by atoms with Gasteiger partial charge in [-0.05, 0) is 36.8 Å². The zero-order valence-corrected chi connectivity index (χ0v) is 18.4. The first-order chi connectivity index (χ1) is 16.0. The Morgan fingerprint density at radius 1 is 1.18 bits per heavy atom. The van der Waals surface area contributed by atoms with Crippen LogP contribution in [0.1, 0.15) is 12.5 Å². The minimum absolute atomic E-state index is 0.0848. The maximum Gasteiger partial charge on any atom is 0.324 e. The molecule has 3 aromatic heterocycles. The zero-order chi connectivity index (χ0) is 22.8. The number of pyridine rings is 1. The summed E-state index contributed by atoms with van der Waals surface area (Å²) in [7, 11) is 0. The number of rotatable bonds is 6. The molecule has 5 rings (SSSR count). The Morgan fingerprint density at radius 2 is 2.06 bits per heavy atom. The average Bonchev–Trinajstić information content (AvgIpc) is 3.25. The van der Waals surface area contributed by atoms with Gasteiger partial charge in [0, 0.05) is 41.3 Å². The second-order valence-electron chi connectivity index (χ2n) is 8.55. The van der Waals surface area contributed by atoms with E-state index in [4.69, 9.17) is 9.47 Å². The molecule has 4 heterocycles. The van der Waals surface area contributed by atoms with Crippen LogP contribution in [0.2, 0.25) is 0 Å². The summed E-state index contributed by atoms with van der Waals surface area (Å²) >= 11 is 0. The van der Waals surface area contributed by atoms with E-state index in [9.17, 15) is 4.79 Å². The second-order valence-corrected chi connectivity index (χ2v) is 8.55. The standard InChI is InChI=1S/C24H24N6O3/c1-16-9-17(3-4-20(16)33-15-24(2)13-32-14-24)19-11-25-12-21(28-19)29-23(31)27-18-5-7-30-8-6-26-22(30)10-18/h3-12H,13-15H2,1-2H3,(H2,27,28,29,31). The molecule has 0 radical (unpaired) electrons. The summed E-state index contributed by atoms with van der Waals surface area (Å²) in [6.07, 6.45) is 8.53. The van der Waals surface area contributed by atoms with Crippen molar-refractivity contribution in [3.63, 3.8) is 0 Å². The fourth-order valence-corrected chi connectivity index (χ4v) is 3.59. The molecule has 168 valence electrons. The molecule has 1 aliphatic rings. The average molecular weight is 444 g/mol. The van der Waals surface area contributed by atoms with Gasteiger partial charge in [0.2, 0.25) is 0 Å². The SMILES string of the molecule is Cc1cc(-c2cncc(NC(=O)Nc3ccn4ccnc4c3)n2)ccc1OCC1(C)COC1. The number of anilines is 2. The van der Waals surface area contributed by atoms with E-state index in [1.54, 1.807) is 24.5 Å². The first-order valence-corrected chi connectivity index (χ1v) is 10.6. The number of ether oxygens (including phenoxy) is 2. The molecular weight excluding hydrogens is 420 g/mol. The number of hydrogen-bond donors (Lipinski definition) is 2. The predicted molar refractivity (Wildman–Crippen MR) is 124 cm³/mol. The summed E-state index contributed by atoms with van der Waals surface area (Å²) in [5, 5.41) is 5.52. The highest BCUT2D eigenvalue weighted by Gasteiger charge is 2.34. The monoisotopic (exact) mass is 444 g/mol. The van der Waals surface area contributed by atoms with Crippen molar-refractivity contribution in [3.05, 3.63) is 66.9 Å². The summed E-state index contributed by atoms with van der Waals surface area (Å²) in [5.74, 6) is 1.19. The van der Waals surface area contributed by atoms with Crippen molar-refractivity contribution < 1.29 is 14.3 Å². The second kappa shape index (κ2) is 8.51. The molecule has 0 atom stereocenters. The number of hydrogen-bond acceptors (Lipinski definition) is 6. The number of carbonyl (C=O) groups excluding carboxylic acids is 1. The molecule has 2 amide bonds. The van der Waals surface area contributed by atoms with Crippen LogP contribution in [0.5, 0.6) is 5.75 Å². The lowest BCUT2D eigenvalue weighted by Crippen LogP contribution is -2.44. The van der Waals surface area contributed by atoms with Crippen LogP contribution in [0.3, 0.4) is 0 Å². The minimum atomic E-state index is -0.411. The molecule has 9 nitrogen and oxygen atoms in total. The predicted octanol–water partition coefficient (Wildman–Crippen LogP) is 4.16. The number of amides is 2. The number of benzene rings is 1. The summed E-state index contributed by atoms with van der Waals surface area (Å²) in [6.45, 7) is 6.23. The fraction of sp³-hybridized carbons (Fsp3) is 0.250. The van der Waals surface area contributed by atoms with E-state index in [-0.39, 0.29) is 5.41 Å². The van der Waals surface area contributed by atoms with Crippen molar-refractivity contribution in [1.82, 2.24) is 19.4 Å². The number of nitrogens with one attached hydrogen (secondary N) is 2. The molecule has 1 aromatic carbocycles. The first-order valence-electron chi connectivity index (χ1n) is 10.6. The summed E-state index contributed by atoms with van der Waals surface area (Å²) < 4.78 is 13.1. The molecule has 0 unspecified atom stereocenters. The van der Waals surface area contributed by atoms with Crippen LogP contribution in [0.15, 0.2) is 61.3 Å². The van der Waals surface area contributed by atoms with Crippen LogP contribution in [0, 0.1) is 12.3 Å². The van der Waals surface area contributed by atoms with Crippen LogP contribution in [-0.2, 0) is 4.74 Å². The third kappa shape index (κ3) is 4.63. The van der Waals surface area contributed by atoms with Gasteiger partial charge in [-0.1, -0.05) is 6.92 Å². The molecule has 0 aliphatic carbocycles. The maximum absolute atomic E-state index is 12.4.